The number of nitrogens with one attached hydrogen (secondary N) is 2. The molecule has 2 N–H and O–H groups in total. The number of piperidine rings is 1. The standard InChI is InChI=1S/C13H16BrN3O/c14-11-2-1-9(8-16-11)17-12(18)10-7-13(10)3-5-15-6-4-13/h1-2,8,10,15H,3-7H2,(H,17,18). The van der Waals surface area contributed by atoms with E-state index in [1.165, 1.54) is 0 Å². The minimum absolute atomic E-state index is 0.154. The third kappa shape index (κ3) is 2.29. The van der Waals surface area contributed by atoms with Crippen LogP contribution in [0.5, 0.6) is 0 Å². The highest BCUT2D eigenvalue weighted by Gasteiger charge is 2.57. The van der Waals surface area contributed by atoms with Gasteiger partial charge in [-0.05, 0) is 65.8 Å². The van der Waals surface area contributed by atoms with Crippen molar-refractivity contribution in [3.05, 3.63) is 22.9 Å². The highest BCUT2D eigenvalue weighted by molar-refractivity contribution is 9.10. The molecular formula is C13H16BrN3O. The minimum atomic E-state index is 0.154. The van der Waals surface area contributed by atoms with Crippen molar-refractivity contribution < 1.29 is 4.79 Å². The maximum absolute atomic E-state index is 12.2. The Bertz CT molecular complexity index is 454. The van der Waals surface area contributed by atoms with E-state index in [1.807, 2.05) is 12.1 Å². The number of amides is 1. The molecule has 4 nitrogen and oxygen atoms in total. The fraction of sp³-hybridized carbons (Fsp3) is 0.538. The van der Waals surface area contributed by atoms with Crippen molar-refractivity contribution in [2.45, 2.75) is 19.3 Å². The molecule has 1 atom stereocenters. The van der Waals surface area contributed by atoms with Crippen LogP contribution in [0.1, 0.15) is 19.3 Å². The number of aromatic nitrogens is 1. The molecule has 2 aliphatic rings. The topological polar surface area (TPSA) is 54.0 Å². The Balaban J connectivity index is 1.61. The summed E-state index contributed by atoms with van der Waals surface area (Å²) in [5.41, 5.74) is 1.07. The summed E-state index contributed by atoms with van der Waals surface area (Å²) < 4.78 is 0.779. The van der Waals surface area contributed by atoms with E-state index in [4.69, 9.17) is 0 Å². The van der Waals surface area contributed by atoms with Crippen LogP contribution in [0.2, 0.25) is 0 Å². The first kappa shape index (κ1) is 12.1. The van der Waals surface area contributed by atoms with E-state index in [0.717, 1.165) is 42.6 Å². The normalized spacial score (nSPS) is 24.8. The lowest BCUT2D eigenvalue weighted by molar-refractivity contribution is -0.118. The largest absolute Gasteiger partial charge is 0.324 e. The number of halogens is 1. The molecule has 96 valence electrons. The van der Waals surface area contributed by atoms with Crippen LogP contribution in [-0.4, -0.2) is 24.0 Å². The van der Waals surface area contributed by atoms with E-state index in [0.29, 0.717) is 0 Å². The smallest absolute Gasteiger partial charge is 0.228 e. The molecule has 1 amide bonds. The number of carbonyl (C=O) groups is 1. The van der Waals surface area contributed by atoms with Gasteiger partial charge in [0.05, 0.1) is 11.9 Å². The number of nitrogens with zero attached hydrogens (tertiary/aromatic N) is 1. The van der Waals surface area contributed by atoms with Crippen molar-refractivity contribution in [2.75, 3.05) is 18.4 Å². The molecule has 2 heterocycles. The molecule has 1 unspecified atom stereocenters. The van der Waals surface area contributed by atoms with Gasteiger partial charge >= 0.3 is 0 Å². The summed E-state index contributed by atoms with van der Waals surface area (Å²) in [6, 6.07) is 3.70. The van der Waals surface area contributed by atoms with E-state index >= 15 is 0 Å². The van der Waals surface area contributed by atoms with Gasteiger partial charge in [0, 0.05) is 5.92 Å². The fourth-order valence-electron chi connectivity index (χ4n) is 2.87. The Hall–Kier alpha value is -0.940. The fourth-order valence-corrected chi connectivity index (χ4v) is 3.11. The van der Waals surface area contributed by atoms with Gasteiger partial charge in [-0.2, -0.15) is 0 Å². The number of hydrogen-bond donors (Lipinski definition) is 2. The van der Waals surface area contributed by atoms with Crippen LogP contribution in [0.15, 0.2) is 22.9 Å². The van der Waals surface area contributed by atoms with Crippen LogP contribution in [0.3, 0.4) is 0 Å². The van der Waals surface area contributed by atoms with Crippen molar-refractivity contribution in [3.63, 3.8) is 0 Å². The third-order valence-corrected chi connectivity index (χ3v) is 4.57. The van der Waals surface area contributed by atoms with Gasteiger partial charge < -0.3 is 10.6 Å². The van der Waals surface area contributed by atoms with Gasteiger partial charge in [-0.15, -0.1) is 0 Å². The van der Waals surface area contributed by atoms with Crippen LogP contribution in [0, 0.1) is 11.3 Å². The molecule has 1 aromatic heterocycles. The predicted molar refractivity (Wildman–Crippen MR) is 73.2 cm³/mol. The molecule has 1 saturated carbocycles. The molecule has 5 heteroatoms. The first-order valence-corrected chi connectivity index (χ1v) is 7.12. The maximum Gasteiger partial charge on any atom is 0.228 e. The number of hydrogen-bond acceptors (Lipinski definition) is 3. The van der Waals surface area contributed by atoms with Crippen LogP contribution < -0.4 is 10.6 Å². The Morgan fingerprint density at radius 1 is 1.44 bits per heavy atom. The Morgan fingerprint density at radius 2 is 2.22 bits per heavy atom. The monoisotopic (exact) mass is 309 g/mol. The quantitative estimate of drug-likeness (QED) is 0.823. The molecule has 1 aliphatic heterocycles. The van der Waals surface area contributed by atoms with Gasteiger partial charge in [0.2, 0.25) is 5.91 Å². The zero-order chi connectivity index (χ0) is 12.6. The molecule has 2 fully saturated rings. The lowest BCUT2D eigenvalue weighted by Gasteiger charge is -2.23. The summed E-state index contributed by atoms with van der Waals surface area (Å²) in [4.78, 5) is 16.3. The average molecular weight is 310 g/mol. The second-order valence-electron chi connectivity index (χ2n) is 5.23. The molecule has 0 radical (unpaired) electrons. The van der Waals surface area contributed by atoms with Crippen molar-refractivity contribution in [1.29, 1.82) is 0 Å². The summed E-state index contributed by atoms with van der Waals surface area (Å²) in [7, 11) is 0. The first-order valence-electron chi connectivity index (χ1n) is 6.33. The predicted octanol–water partition coefficient (Wildman–Crippen LogP) is 2.17. The second kappa shape index (κ2) is 4.63. The molecule has 0 aromatic carbocycles. The highest BCUT2D eigenvalue weighted by Crippen LogP contribution is 2.58. The van der Waals surface area contributed by atoms with Crippen molar-refractivity contribution in [2.24, 2.45) is 11.3 Å². The lowest BCUT2D eigenvalue weighted by atomic mass is 9.92. The molecule has 18 heavy (non-hydrogen) atoms. The van der Waals surface area contributed by atoms with Gasteiger partial charge in [-0.1, -0.05) is 0 Å². The number of anilines is 1. The SMILES string of the molecule is O=C(Nc1ccc(Br)nc1)C1CC12CCNCC2. The lowest BCUT2D eigenvalue weighted by Crippen LogP contribution is -2.31. The summed E-state index contributed by atoms with van der Waals surface area (Å²) >= 11 is 3.28. The van der Waals surface area contributed by atoms with Gasteiger partial charge in [-0.3, -0.25) is 4.79 Å². The van der Waals surface area contributed by atoms with Gasteiger partial charge in [-0.25, -0.2) is 4.98 Å². The Labute approximate surface area is 115 Å². The maximum atomic E-state index is 12.2. The average Bonchev–Trinajstić information content (AvgIpc) is 3.07. The summed E-state index contributed by atoms with van der Waals surface area (Å²) in [6.45, 7) is 2.09. The van der Waals surface area contributed by atoms with E-state index < -0.39 is 0 Å². The summed E-state index contributed by atoms with van der Waals surface area (Å²) in [5.74, 6) is 0.351. The molecule has 0 bridgehead atoms. The minimum Gasteiger partial charge on any atom is -0.324 e. The number of rotatable bonds is 2. The first-order chi connectivity index (χ1) is 8.70. The molecule has 1 aromatic rings. The second-order valence-corrected chi connectivity index (χ2v) is 6.04. The van der Waals surface area contributed by atoms with Crippen molar-refractivity contribution >= 4 is 27.5 Å². The number of carbonyl (C=O) groups excluding carboxylic acids is 1. The van der Waals surface area contributed by atoms with Crippen molar-refractivity contribution in [1.82, 2.24) is 10.3 Å². The molecule has 1 spiro atoms. The van der Waals surface area contributed by atoms with E-state index in [2.05, 4.69) is 31.5 Å². The Kier molecular flexibility index (Phi) is 3.11. The van der Waals surface area contributed by atoms with Crippen molar-refractivity contribution in [3.8, 4) is 0 Å². The zero-order valence-electron chi connectivity index (χ0n) is 10.1. The van der Waals surface area contributed by atoms with Gasteiger partial charge in [0.1, 0.15) is 4.60 Å². The van der Waals surface area contributed by atoms with Crippen LogP contribution in [0.4, 0.5) is 5.69 Å². The van der Waals surface area contributed by atoms with Crippen LogP contribution in [-0.2, 0) is 4.79 Å². The molecule has 3 rings (SSSR count). The summed E-state index contributed by atoms with van der Waals surface area (Å²) in [6.07, 6.45) is 4.98. The van der Waals surface area contributed by atoms with Gasteiger partial charge in [0.15, 0.2) is 0 Å². The zero-order valence-corrected chi connectivity index (χ0v) is 11.7. The molecular weight excluding hydrogens is 294 g/mol. The number of pyridine rings is 1. The highest BCUT2D eigenvalue weighted by atomic mass is 79.9. The van der Waals surface area contributed by atoms with Gasteiger partial charge in [0.25, 0.3) is 0 Å². The van der Waals surface area contributed by atoms with Crippen LogP contribution in [0.25, 0.3) is 0 Å². The van der Waals surface area contributed by atoms with E-state index in [-0.39, 0.29) is 17.2 Å². The molecule has 1 aliphatic carbocycles. The van der Waals surface area contributed by atoms with E-state index in [9.17, 15) is 4.79 Å². The van der Waals surface area contributed by atoms with E-state index in [1.54, 1.807) is 6.20 Å². The summed E-state index contributed by atoms with van der Waals surface area (Å²) in [5, 5.41) is 6.31. The Morgan fingerprint density at radius 3 is 2.89 bits per heavy atom. The van der Waals surface area contributed by atoms with Crippen LogP contribution >= 0.6 is 15.9 Å². The molecule has 1 saturated heterocycles. The third-order valence-electron chi connectivity index (χ3n) is 4.10.